The molecule has 0 amide bonds. The first kappa shape index (κ1) is 11.9. The lowest BCUT2D eigenvalue weighted by Crippen LogP contribution is -2.30. The van der Waals surface area contributed by atoms with E-state index in [0.29, 0.717) is 17.8 Å². The molecule has 0 aliphatic heterocycles. The Kier molecular flexibility index (Phi) is 3.98. The van der Waals surface area contributed by atoms with E-state index in [0.717, 1.165) is 11.4 Å². The van der Waals surface area contributed by atoms with Crippen molar-refractivity contribution < 1.29 is 4.74 Å². The van der Waals surface area contributed by atoms with Crippen LogP contribution in [0.4, 0.5) is 5.69 Å². The van der Waals surface area contributed by atoms with E-state index in [2.05, 4.69) is 17.2 Å². The highest BCUT2D eigenvalue weighted by molar-refractivity contribution is 7.80. The number of thiocarbonyl (C=S) groups is 1. The first-order chi connectivity index (χ1) is 8.28. The van der Waals surface area contributed by atoms with Crippen LogP contribution in [0, 0.1) is 0 Å². The van der Waals surface area contributed by atoms with Gasteiger partial charge in [-0.25, -0.2) is 0 Å². The molecule has 1 aliphatic carbocycles. The van der Waals surface area contributed by atoms with E-state index in [4.69, 9.17) is 17.0 Å². The van der Waals surface area contributed by atoms with E-state index in [-0.39, 0.29) is 0 Å². The molecule has 2 N–H and O–H groups in total. The average molecular weight is 248 g/mol. The minimum atomic E-state index is 0.508. The number of anilines is 1. The normalized spacial score (nSPS) is 13.9. The molecule has 1 saturated carbocycles. The van der Waals surface area contributed by atoms with E-state index >= 15 is 0 Å². The molecule has 0 saturated heterocycles. The summed E-state index contributed by atoms with van der Waals surface area (Å²) in [7, 11) is 0. The Morgan fingerprint density at radius 1 is 1.53 bits per heavy atom. The third-order valence-corrected chi connectivity index (χ3v) is 2.59. The molecule has 1 aliphatic rings. The van der Waals surface area contributed by atoms with Gasteiger partial charge in [-0.1, -0.05) is 18.7 Å². The fourth-order valence-corrected chi connectivity index (χ4v) is 1.68. The monoisotopic (exact) mass is 248 g/mol. The van der Waals surface area contributed by atoms with Crippen LogP contribution in [0.5, 0.6) is 5.75 Å². The van der Waals surface area contributed by atoms with Gasteiger partial charge in [0.05, 0.1) is 0 Å². The molecule has 2 rings (SSSR count). The minimum Gasteiger partial charge on any atom is -0.489 e. The summed E-state index contributed by atoms with van der Waals surface area (Å²) in [6.45, 7) is 4.12. The Morgan fingerprint density at radius 2 is 2.35 bits per heavy atom. The Bertz CT molecular complexity index is 416. The number of hydrogen-bond donors (Lipinski definition) is 2. The zero-order valence-electron chi connectivity index (χ0n) is 9.61. The Morgan fingerprint density at radius 3 is 3.06 bits per heavy atom. The van der Waals surface area contributed by atoms with Crippen LogP contribution in [0.25, 0.3) is 0 Å². The molecule has 0 unspecified atom stereocenters. The number of nitrogens with one attached hydrogen (secondary N) is 2. The smallest absolute Gasteiger partial charge is 0.170 e. The Balaban J connectivity index is 1.90. The second-order valence-corrected chi connectivity index (χ2v) is 4.41. The van der Waals surface area contributed by atoms with Gasteiger partial charge in [0, 0.05) is 17.8 Å². The van der Waals surface area contributed by atoms with Gasteiger partial charge in [-0.3, -0.25) is 0 Å². The molecule has 0 bridgehead atoms. The number of hydrogen-bond acceptors (Lipinski definition) is 2. The summed E-state index contributed by atoms with van der Waals surface area (Å²) in [5.41, 5.74) is 0.935. The number of benzene rings is 1. The zero-order chi connectivity index (χ0) is 12.1. The van der Waals surface area contributed by atoms with Gasteiger partial charge in [-0.15, -0.1) is 0 Å². The predicted octanol–water partition coefficient (Wildman–Crippen LogP) is 2.70. The molecule has 0 aromatic heterocycles. The SMILES string of the molecule is C=CCOc1cccc(NC(=S)NC2CC2)c1. The summed E-state index contributed by atoms with van der Waals surface area (Å²) in [4.78, 5) is 0. The van der Waals surface area contributed by atoms with Crippen molar-refractivity contribution >= 4 is 23.0 Å². The maximum absolute atomic E-state index is 5.45. The van der Waals surface area contributed by atoms with Gasteiger partial charge in [0.15, 0.2) is 5.11 Å². The molecule has 0 heterocycles. The number of ether oxygens (including phenoxy) is 1. The molecular weight excluding hydrogens is 232 g/mol. The highest BCUT2D eigenvalue weighted by atomic mass is 32.1. The van der Waals surface area contributed by atoms with Crippen LogP contribution >= 0.6 is 12.2 Å². The molecule has 3 nitrogen and oxygen atoms in total. The summed E-state index contributed by atoms with van der Waals surface area (Å²) in [5.74, 6) is 0.809. The third kappa shape index (κ3) is 4.07. The van der Waals surface area contributed by atoms with E-state index in [1.54, 1.807) is 6.08 Å². The van der Waals surface area contributed by atoms with Crippen LogP contribution in [0.3, 0.4) is 0 Å². The lowest BCUT2D eigenvalue weighted by molar-refractivity contribution is 0.363. The van der Waals surface area contributed by atoms with Crippen molar-refractivity contribution in [1.82, 2.24) is 5.32 Å². The van der Waals surface area contributed by atoms with Crippen molar-refractivity contribution in [2.45, 2.75) is 18.9 Å². The predicted molar refractivity (Wildman–Crippen MR) is 74.5 cm³/mol. The molecule has 1 fully saturated rings. The van der Waals surface area contributed by atoms with E-state index < -0.39 is 0 Å². The summed E-state index contributed by atoms with van der Waals surface area (Å²) in [5, 5.41) is 7.05. The zero-order valence-corrected chi connectivity index (χ0v) is 10.4. The van der Waals surface area contributed by atoms with Crippen LogP contribution in [0.1, 0.15) is 12.8 Å². The second-order valence-electron chi connectivity index (χ2n) is 4.00. The van der Waals surface area contributed by atoms with Crippen LogP contribution in [-0.4, -0.2) is 17.8 Å². The van der Waals surface area contributed by atoms with Crippen LogP contribution in [-0.2, 0) is 0 Å². The average Bonchev–Trinajstić information content (AvgIpc) is 3.10. The lowest BCUT2D eigenvalue weighted by atomic mass is 10.3. The largest absolute Gasteiger partial charge is 0.489 e. The minimum absolute atomic E-state index is 0.508. The molecule has 17 heavy (non-hydrogen) atoms. The lowest BCUT2D eigenvalue weighted by Gasteiger charge is -2.10. The molecule has 0 spiro atoms. The van der Waals surface area contributed by atoms with Crippen molar-refractivity contribution in [3.8, 4) is 5.75 Å². The highest BCUT2D eigenvalue weighted by Crippen LogP contribution is 2.20. The van der Waals surface area contributed by atoms with Crippen molar-refractivity contribution in [1.29, 1.82) is 0 Å². The summed E-state index contributed by atoms with van der Waals surface area (Å²) < 4.78 is 5.45. The Hall–Kier alpha value is -1.55. The second kappa shape index (κ2) is 5.68. The molecule has 90 valence electrons. The topological polar surface area (TPSA) is 33.3 Å². The summed E-state index contributed by atoms with van der Waals surface area (Å²) in [6.07, 6.45) is 4.15. The van der Waals surface area contributed by atoms with E-state index in [9.17, 15) is 0 Å². The van der Waals surface area contributed by atoms with Gasteiger partial charge in [0.25, 0.3) is 0 Å². The van der Waals surface area contributed by atoms with Gasteiger partial charge in [0.2, 0.25) is 0 Å². The quantitative estimate of drug-likeness (QED) is 0.620. The standard InChI is InChI=1S/C13H16N2OS/c1-2-8-16-12-5-3-4-11(9-12)15-13(17)14-10-6-7-10/h2-5,9-10H,1,6-8H2,(H2,14,15,17). The van der Waals surface area contributed by atoms with Gasteiger partial charge < -0.3 is 15.4 Å². The van der Waals surface area contributed by atoms with Gasteiger partial charge in [-0.05, 0) is 37.2 Å². The maximum atomic E-state index is 5.45. The molecule has 0 atom stereocenters. The maximum Gasteiger partial charge on any atom is 0.170 e. The van der Waals surface area contributed by atoms with Gasteiger partial charge in [0.1, 0.15) is 12.4 Å². The highest BCUT2D eigenvalue weighted by Gasteiger charge is 2.21. The first-order valence-corrected chi connectivity index (χ1v) is 6.10. The summed E-state index contributed by atoms with van der Waals surface area (Å²) >= 11 is 5.20. The van der Waals surface area contributed by atoms with Crippen molar-refractivity contribution in [2.24, 2.45) is 0 Å². The molecule has 1 aromatic rings. The van der Waals surface area contributed by atoms with Crippen molar-refractivity contribution in [3.05, 3.63) is 36.9 Å². The Labute approximate surface area is 107 Å². The van der Waals surface area contributed by atoms with E-state index in [1.165, 1.54) is 12.8 Å². The van der Waals surface area contributed by atoms with Crippen LogP contribution in [0.2, 0.25) is 0 Å². The number of rotatable bonds is 5. The van der Waals surface area contributed by atoms with E-state index in [1.807, 2.05) is 24.3 Å². The molecular formula is C13H16N2OS. The van der Waals surface area contributed by atoms with Gasteiger partial charge in [-0.2, -0.15) is 0 Å². The summed E-state index contributed by atoms with van der Waals surface area (Å²) in [6, 6.07) is 8.29. The third-order valence-electron chi connectivity index (χ3n) is 2.37. The fraction of sp³-hybridized carbons (Fsp3) is 0.308. The van der Waals surface area contributed by atoms with Crippen molar-refractivity contribution in [3.63, 3.8) is 0 Å². The van der Waals surface area contributed by atoms with Gasteiger partial charge >= 0.3 is 0 Å². The fourth-order valence-electron chi connectivity index (χ4n) is 1.40. The molecule has 1 aromatic carbocycles. The van der Waals surface area contributed by atoms with Crippen LogP contribution in [0.15, 0.2) is 36.9 Å². The molecule has 4 heteroatoms. The van der Waals surface area contributed by atoms with Crippen LogP contribution < -0.4 is 15.4 Å². The first-order valence-electron chi connectivity index (χ1n) is 5.69. The molecule has 0 radical (unpaired) electrons. The van der Waals surface area contributed by atoms with Crippen molar-refractivity contribution in [2.75, 3.05) is 11.9 Å².